The molecule has 0 aliphatic heterocycles. The lowest BCUT2D eigenvalue weighted by Crippen LogP contribution is -2.22. The van der Waals surface area contributed by atoms with Gasteiger partial charge in [-0.25, -0.2) is 8.78 Å². The van der Waals surface area contributed by atoms with Gasteiger partial charge in [-0.3, -0.25) is 9.48 Å². The van der Waals surface area contributed by atoms with Gasteiger partial charge in [0, 0.05) is 37.0 Å². The molecule has 4 nitrogen and oxygen atoms in total. The summed E-state index contributed by atoms with van der Waals surface area (Å²) in [5.74, 6) is -2.08. The molecule has 0 unspecified atom stereocenters. The first-order valence-corrected chi connectivity index (χ1v) is 5.26. The van der Waals surface area contributed by atoms with Crippen LogP contribution in [0.2, 0.25) is 0 Å². The molecule has 0 radical (unpaired) electrons. The molecule has 18 heavy (non-hydrogen) atoms. The molecule has 1 aromatic heterocycles. The summed E-state index contributed by atoms with van der Waals surface area (Å²) in [4.78, 5) is 11.7. The van der Waals surface area contributed by atoms with Crippen molar-refractivity contribution in [2.45, 2.75) is 6.54 Å². The van der Waals surface area contributed by atoms with Crippen LogP contribution in [0.3, 0.4) is 0 Å². The Hall–Kier alpha value is -2.24. The normalized spacial score (nSPS) is 10.4. The number of benzene rings is 1. The number of hydrogen-bond acceptors (Lipinski definition) is 2. The molecule has 2 aromatic rings. The van der Waals surface area contributed by atoms with Crippen LogP contribution in [0.25, 0.3) is 0 Å². The van der Waals surface area contributed by atoms with Crippen molar-refractivity contribution in [3.63, 3.8) is 0 Å². The number of carbonyl (C=O) groups is 1. The number of aromatic nitrogens is 2. The minimum absolute atomic E-state index is 0.0450. The second-order valence-corrected chi connectivity index (χ2v) is 3.86. The summed E-state index contributed by atoms with van der Waals surface area (Å²) in [6, 6.07) is 2.70. The van der Waals surface area contributed by atoms with Crippen molar-refractivity contribution in [2.75, 3.05) is 0 Å². The number of aryl methyl sites for hydroxylation is 1. The van der Waals surface area contributed by atoms with Gasteiger partial charge in [-0.1, -0.05) is 0 Å². The number of nitrogens with one attached hydrogen (secondary N) is 1. The van der Waals surface area contributed by atoms with E-state index in [1.807, 2.05) is 0 Å². The third kappa shape index (κ3) is 2.91. The molecule has 0 fully saturated rings. The minimum atomic E-state index is -0.776. The summed E-state index contributed by atoms with van der Waals surface area (Å²) in [5.41, 5.74) is 0.763. The van der Waals surface area contributed by atoms with Crippen molar-refractivity contribution in [1.82, 2.24) is 15.1 Å². The van der Waals surface area contributed by atoms with E-state index in [0.717, 1.165) is 23.8 Å². The van der Waals surface area contributed by atoms with Crippen LogP contribution in [0.1, 0.15) is 15.9 Å². The Morgan fingerprint density at radius 3 is 2.56 bits per heavy atom. The van der Waals surface area contributed by atoms with Gasteiger partial charge in [-0.05, 0) is 12.1 Å². The van der Waals surface area contributed by atoms with Crippen LogP contribution >= 0.6 is 0 Å². The van der Waals surface area contributed by atoms with Crippen LogP contribution in [-0.2, 0) is 13.6 Å². The number of carbonyl (C=O) groups excluding carboxylic acids is 1. The fraction of sp³-hybridized carbons (Fsp3) is 0.167. The molecular formula is C12H11F2N3O. The van der Waals surface area contributed by atoms with E-state index in [9.17, 15) is 13.6 Å². The predicted molar refractivity (Wildman–Crippen MR) is 60.7 cm³/mol. The highest BCUT2D eigenvalue weighted by Gasteiger charge is 2.09. The summed E-state index contributed by atoms with van der Waals surface area (Å²) in [6.07, 6.45) is 3.35. The Labute approximate surface area is 102 Å². The van der Waals surface area contributed by atoms with Crippen LogP contribution in [0, 0.1) is 11.6 Å². The van der Waals surface area contributed by atoms with E-state index in [4.69, 9.17) is 0 Å². The second-order valence-electron chi connectivity index (χ2n) is 3.86. The van der Waals surface area contributed by atoms with Crippen molar-refractivity contribution >= 4 is 5.91 Å². The Morgan fingerprint density at radius 1 is 1.33 bits per heavy atom. The van der Waals surface area contributed by atoms with Gasteiger partial charge in [0.25, 0.3) is 5.91 Å². The number of halogens is 2. The first kappa shape index (κ1) is 12.2. The Morgan fingerprint density at radius 2 is 2.00 bits per heavy atom. The standard InChI is InChI=1S/C12H11F2N3O/c1-17-7-8(6-16-17)5-15-12(18)9-2-10(13)4-11(14)3-9/h2-4,6-7H,5H2,1H3,(H,15,18). The average Bonchev–Trinajstić information content (AvgIpc) is 2.70. The maximum atomic E-state index is 12.9. The van der Waals surface area contributed by atoms with Gasteiger partial charge in [0.05, 0.1) is 6.20 Å². The third-order valence-corrected chi connectivity index (χ3v) is 2.34. The van der Waals surface area contributed by atoms with Crippen LogP contribution in [0.5, 0.6) is 0 Å². The molecule has 6 heteroatoms. The highest BCUT2D eigenvalue weighted by atomic mass is 19.1. The van der Waals surface area contributed by atoms with Gasteiger partial charge in [0.2, 0.25) is 0 Å². The van der Waals surface area contributed by atoms with Gasteiger partial charge in [0.1, 0.15) is 11.6 Å². The molecule has 0 saturated heterocycles. The predicted octanol–water partition coefficient (Wildman–Crippen LogP) is 1.63. The van der Waals surface area contributed by atoms with Crippen molar-refractivity contribution < 1.29 is 13.6 Å². The van der Waals surface area contributed by atoms with E-state index >= 15 is 0 Å². The summed E-state index contributed by atoms with van der Waals surface area (Å²) in [6.45, 7) is 0.255. The lowest BCUT2D eigenvalue weighted by Gasteiger charge is -2.04. The molecule has 1 heterocycles. The molecule has 94 valence electrons. The molecule has 0 atom stereocenters. The van der Waals surface area contributed by atoms with Crippen molar-refractivity contribution in [2.24, 2.45) is 7.05 Å². The quantitative estimate of drug-likeness (QED) is 0.901. The highest BCUT2D eigenvalue weighted by molar-refractivity contribution is 5.94. The topological polar surface area (TPSA) is 46.9 Å². The summed E-state index contributed by atoms with van der Waals surface area (Å²) < 4.78 is 27.4. The largest absolute Gasteiger partial charge is 0.348 e. The molecule has 1 amide bonds. The van der Waals surface area contributed by atoms with Crippen molar-refractivity contribution in [1.29, 1.82) is 0 Å². The first-order valence-electron chi connectivity index (χ1n) is 5.26. The van der Waals surface area contributed by atoms with E-state index in [2.05, 4.69) is 10.4 Å². The van der Waals surface area contributed by atoms with Crippen LogP contribution < -0.4 is 5.32 Å². The maximum absolute atomic E-state index is 12.9. The number of amides is 1. The Balaban J connectivity index is 2.03. The van der Waals surface area contributed by atoms with Gasteiger partial charge in [-0.2, -0.15) is 5.10 Å². The van der Waals surface area contributed by atoms with Gasteiger partial charge >= 0.3 is 0 Å². The van der Waals surface area contributed by atoms with Crippen molar-refractivity contribution in [3.05, 3.63) is 53.4 Å². The maximum Gasteiger partial charge on any atom is 0.251 e. The molecule has 0 bridgehead atoms. The summed E-state index contributed by atoms with van der Waals surface area (Å²) in [7, 11) is 1.76. The molecule has 0 saturated carbocycles. The van der Waals surface area contributed by atoms with Crippen LogP contribution in [0.15, 0.2) is 30.6 Å². The number of rotatable bonds is 3. The van der Waals surface area contributed by atoms with E-state index in [1.165, 1.54) is 0 Å². The highest BCUT2D eigenvalue weighted by Crippen LogP contribution is 2.08. The zero-order valence-electron chi connectivity index (χ0n) is 9.65. The van der Waals surface area contributed by atoms with Crippen LogP contribution in [-0.4, -0.2) is 15.7 Å². The smallest absolute Gasteiger partial charge is 0.251 e. The fourth-order valence-electron chi connectivity index (χ4n) is 1.53. The van der Waals surface area contributed by atoms with E-state index in [-0.39, 0.29) is 12.1 Å². The average molecular weight is 251 g/mol. The zero-order valence-corrected chi connectivity index (χ0v) is 9.65. The lowest BCUT2D eigenvalue weighted by molar-refractivity contribution is 0.0950. The second kappa shape index (κ2) is 4.95. The number of nitrogens with zero attached hydrogens (tertiary/aromatic N) is 2. The third-order valence-electron chi connectivity index (χ3n) is 2.34. The first-order chi connectivity index (χ1) is 8.54. The van der Waals surface area contributed by atoms with Crippen molar-refractivity contribution in [3.8, 4) is 0 Å². The SMILES string of the molecule is Cn1cc(CNC(=O)c2cc(F)cc(F)c2)cn1. The monoisotopic (exact) mass is 251 g/mol. The fourth-order valence-corrected chi connectivity index (χ4v) is 1.53. The zero-order chi connectivity index (χ0) is 13.1. The Bertz CT molecular complexity index is 560. The summed E-state index contributed by atoms with van der Waals surface area (Å²) in [5, 5.41) is 6.50. The molecular weight excluding hydrogens is 240 g/mol. The van der Waals surface area contributed by atoms with Gasteiger partial charge in [-0.15, -0.1) is 0 Å². The molecule has 2 rings (SSSR count). The van der Waals surface area contributed by atoms with Gasteiger partial charge < -0.3 is 5.32 Å². The van der Waals surface area contributed by atoms with E-state index in [0.29, 0.717) is 0 Å². The molecule has 0 aliphatic carbocycles. The minimum Gasteiger partial charge on any atom is -0.348 e. The van der Waals surface area contributed by atoms with E-state index in [1.54, 1.807) is 24.1 Å². The number of hydrogen-bond donors (Lipinski definition) is 1. The molecule has 1 N–H and O–H groups in total. The Kier molecular flexibility index (Phi) is 3.36. The van der Waals surface area contributed by atoms with Crippen LogP contribution in [0.4, 0.5) is 8.78 Å². The lowest BCUT2D eigenvalue weighted by atomic mass is 10.2. The molecule has 0 aliphatic rings. The molecule has 1 aromatic carbocycles. The summed E-state index contributed by atoms with van der Waals surface area (Å²) >= 11 is 0. The molecule has 0 spiro atoms. The van der Waals surface area contributed by atoms with Gasteiger partial charge in [0.15, 0.2) is 0 Å². The van der Waals surface area contributed by atoms with E-state index < -0.39 is 17.5 Å².